The molecule has 3 nitrogen and oxygen atoms in total. The monoisotopic (exact) mass is 268 g/mol. The Morgan fingerprint density at radius 1 is 1.53 bits per heavy atom. The maximum absolute atomic E-state index is 11.5. The van der Waals surface area contributed by atoms with Gasteiger partial charge in [0.25, 0.3) is 0 Å². The number of ketones is 1. The predicted molar refractivity (Wildman–Crippen MR) is 57.7 cm³/mol. The predicted octanol–water partition coefficient (Wildman–Crippen LogP) is 2.12. The SMILES string of the molecule is CC(=O)C1Cc2cc(Br)ccc2C(=O)O1. The molecule has 0 aliphatic carbocycles. The highest BCUT2D eigenvalue weighted by atomic mass is 79.9. The van der Waals surface area contributed by atoms with Gasteiger partial charge in [0.2, 0.25) is 0 Å². The molecule has 1 aliphatic heterocycles. The van der Waals surface area contributed by atoms with Gasteiger partial charge < -0.3 is 4.74 Å². The number of esters is 1. The zero-order chi connectivity index (χ0) is 11.0. The summed E-state index contributed by atoms with van der Waals surface area (Å²) in [4.78, 5) is 22.7. The van der Waals surface area contributed by atoms with E-state index < -0.39 is 12.1 Å². The van der Waals surface area contributed by atoms with E-state index in [0.29, 0.717) is 12.0 Å². The summed E-state index contributed by atoms with van der Waals surface area (Å²) in [5, 5.41) is 0. The quantitative estimate of drug-likeness (QED) is 0.733. The minimum absolute atomic E-state index is 0.117. The van der Waals surface area contributed by atoms with Crippen molar-refractivity contribution in [2.24, 2.45) is 0 Å². The molecule has 1 aromatic rings. The molecule has 0 bridgehead atoms. The number of hydrogen-bond acceptors (Lipinski definition) is 3. The van der Waals surface area contributed by atoms with Gasteiger partial charge in [-0.1, -0.05) is 15.9 Å². The first-order chi connectivity index (χ1) is 7.08. The topological polar surface area (TPSA) is 43.4 Å². The molecule has 1 heterocycles. The third-order valence-electron chi connectivity index (χ3n) is 2.40. The number of hydrogen-bond donors (Lipinski definition) is 0. The molecule has 1 unspecified atom stereocenters. The summed E-state index contributed by atoms with van der Waals surface area (Å²) in [6.45, 7) is 1.43. The van der Waals surface area contributed by atoms with Crippen LogP contribution >= 0.6 is 15.9 Å². The lowest BCUT2D eigenvalue weighted by Crippen LogP contribution is -2.32. The molecule has 1 aliphatic rings. The number of Topliss-reactive ketones (excluding diaryl/α,β-unsaturated/α-hetero) is 1. The van der Waals surface area contributed by atoms with Crippen molar-refractivity contribution in [1.29, 1.82) is 0 Å². The van der Waals surface area contributed by atoms with E-state index in [9.17, 15) is 9.59 Å². The number of carbonyl (C=O) groups is 2. The molecule has 15 heavy (non-hydrogen) atoms. The highest BCUT2D eigenvalue weighted by Gasteiger charge is 2.28. The van der Waals surface area contributed by atoms with E-state index in [1.807, 2.05) is 6.07 Å². The molecule has 0 spiro atoms. The lowest BCUT2D eigenvalue weighted by atomic mass is 9.97. The number of cyclic esters (lactones) is 1. The van der Waals surface area contributed by atoms with Crippen LogP contribution in [0.3, 0.4) is 0 Å². The Hall–Kier alpha value is -1.16. The van der Waals surface area contributed by atoms with Crippen LogP contribution in [0.1, 0.15) is 22.8 Å². The van der Waals surface area contributed by atoms with Gasteiger partial charge in [-0.3, -0.25) is 4.79 Å². The van der Waals surface area contributed by atoms with Gasteiger partial charge in [-0.2, -0.15) is 0 Å². The van der Waals surface area contributed by atoms with Gasteiger partial charge in [0.05, 0.1) is 5.56 Å². The van der Waals surface area contributed by atoms with Crippen molar-refractivity contribution in [2.75, 3.05) is 0 Å². The number of halogens is 1. The zero-order valence-electron chi connectivity index (χ0n) is 8.12. The van der Waals surface area contributed by atoms with E-state index in [1.54, 1.807) is 12.1 Å². The Bertz CT molecular complexity index is 439. The lowest BCUT2D eigenvalue weighted by molar-refractivity contribution is -0.125. The maximum atomic E-state index is 11.5. The van der Waals surface area contributed by atoms with Crippen LogP contribution in [-0.4, -0.2) is 17.9 Å². The Kier molecular flexibility index (Phi) is 2.61. The van der Waals surface area contributed by atoms with Crippen molar-refractivity contribution < 1.29 is 14.3 Å². The Balaban J connectivity index is 2.41. The van der Waals surface area contributed by atoms with Gasteiger partial charge in [0.15, 0.2) is 11.9 Å². The normalized spacial score (nSPS) is 19.3. The van der Waals surface area contributed by atoms with Crippen molar-refractivity contribution in [3.63, 3.8) is 0 Å². The maximum Gasteiger partial charge on any atom is 0.339 e. The van der Waals surface area contributed by atoms with Crippen LogP contribution in [0.4, 0.5) is 0 Å². The average molecular weight is 269 g/mol. The average Bonchev–Trinajstić information content (AvgIpc) is 2.16. The molecule has 2 rings (SSSR count). The molecule has 0 saturated carbocycles. The minimum atomic E-state index is -0.626. The number of benzene rings is 1. The molecular weight excluding hydrogens is 260 g/mol. The Morgan fingerprint density at radius 2 is 2.27 bits per heavy atom. The van der Waals surface area contributed by atoms with Gasteiger partial charge in [-0.05, 0) is 30.7 Å². The fraction of sp³-hybridized carbons (Fsp3) is 0.273. The number of fused-ring (bicyclic) bond motifs is 1. The highest BCUT2D eigenvalue weighted by Crippen LogP contribution is 2.24. The first kappa shape index (κ1) is 10.4. The fourth-order valence-corrected chi connectivity index (χ4v) is 2.00. The molecule has 0 saturated heterocycles. The van der Waals surface area contributed by atoms with E-state index in [4.69, 9.17) is 4.74 Å². The molecule has 0 N–H and O–H groups in total. The first-order valence-electron chi connectivity index (χ1n) is 4.58. The van der Waals surface area contributed by atoms with Crippen LogP contribution in [0.25, 0.3) is 0 Å². The van der Waals surface area contributed by atoms with E-state index in [-0.39, 0.29) is 5.78 Å². The van der Waals surface area contributed by atoms with Crippen LogP contribution in [-0.2, 0) is 16.0 Å². The van der Waals surface area contributed by atoms with Crippen LogP contribution in [0.5, 0.6) is 0 Å². The summed E-state index contributed by atoms with van der Waals surface area (Å²) in [5.41, 5.74) is 1.41. The molecule has 0 aromatic heterocycles. The standard InChI is InChI=1S/C11H9BrO3/c1-6(13)10-5-7-4-8(12)2-3-9(7)11(14)15-10/h2-4,10H,5H2,1H3. The Morgan fingerprint density at radius 3 is 2.93 bits per heavy atom. The summed E-state index contributed by atoms with van der Waals surface area (Å²) in [7, 11) is 0. The third-order valence-corrected chi connectivity index (χ3v) is 2.89. The van der Waals surface area contributed by atoms with Crippen molar-refractivity contribution in [1.82, 2.24) is 0 Å². The summed E-state index contributed by atoms with van der Waals surface area (Å²) < 4.78 is 5.91. The van der Waals surface area contributed by atoms with Crippen molar-refractivity contribution in [3.05, 3.63) is 33.8 Å². The smallest absolute Gasteiger partial charge is 0.339 e. The largest absolute Gasteiger partial charge is 0.450 e. The number of carbonyl (C=O) groups excluding carboxylic acids is 2. The second kappa shape index (κ2) is 3.77. The van der Waals surface area contributed by atoms with E-state index in [2.05, 4.69) is 15.9 Å². The summed E-state index contributed by atoms with van der Waals surface area (Å²) in [6, 6.07) is 5.35. The fourth-order valence-electron chi connectivity index (χ4n) is 1.59. The zero-order valence-corrected chi connectivity index (χ0v) is 9.71. The van der Waals surface area contributed by atoms with Crippen molar-refractivity contribution >= 4 is 27.7 Å². The summed E-state index contributed by atoms with van der Waals surface area (Å²) in [5.74, 6) is -0.530. The van der Waals surface area contributed by atoms with Crippen LogP contribution < -0.4 is 0 Å². The van der Waals surface area contributed by atoms with E-state index in [1.165, 1.54) is 6.92 Å². The van der Waals surface area contributed by atoms with Gasteiger partial charge in [-0.25, -0.2) is 4.79 Å². The van der Waals surface area contributed by atoms with Gasteiger partial charge in [0.1, 0.15) is 0 Å². The van der Waals surface area contributed by atoms with E-state index >= 15 is 0 Å². The van der Waals surface area contributed by atoms with Crippen LogP contribution in [0, 0.1) is 0 Å². The Labute approximate surface area is 95.6 Å². The molecular formula is C11H9BrO3. The molecule has 0 amide bonds. The lowest BCUT2D eigenvalue weighted by Gasteiger charge is -2.22. The molecule has 0 fully saturated rings. The van der Waals surface area contributed by atoms with Crippen molar-refractivity contribution in [2.45, 2.75) is 19.4 Å². The van der Waals surface area contributed by atoms with Gasteiger partial charge in [-0.15, -0.1) is 0 Å². The van der Waals surface area contributed by atoms with Gasteiger partial charge >= 0.3 is 5.97 Å². The van der Waals surface area contributed by atoms with Gasteiger partial charge in [0, 0.05) is 10.9 Å². The summed E-state index contributed by atoms with van der Waals surface area (Å²) >= 11 is 3.33. The molecule has 4 heteroatoms. The summed E-state index contributed by atoms with van der Waals surface area (Å²) in [6.07, 6.45) is -0.158. The third kappa shape index (κ3) is 1.95. The van der Waals surface area contributed by atoms with Crippen molar-refractivity contribution in [3.8, 4) is 0 Å². The van der Waals surface area contributed by atoms with Crippen LogP contribution in [0.2, 0.25) is 0 Å². The molecule has 1 aromatic carbocycles. The second-order valence-electron chi connectivity index (χ2n) is 3.51. The molecule has 0 radical (unpaired) electrons. The molecule has 1 atom stereocenters. The second-order valence-corrected chi connectivity index (χ2v) is 4.43. The van der Waals surface area contributed by atoms with E-state index in [0.717, 1.165) is 10.0 Å². The minimum Gasteiger partial charge on any atom is -0.450 e. The molecule has 78 valence electrons. The highest BCUT2D eigenvalue weighted by molar-refractivity contribution is 9.10. The van der Waals surface area contributed by atoms with Crippen LogP contribution in [0.15, 0.2) is 22.7 Å². The number of rotatable bonds is 1. The first-order valence-corrected chi connectivity index (χ1v) is 5.37. The number of ether oxygens (including phenoxy) is 1.